The molecule has 3 rings (SSSR count). The van der Waals surface area contributed by atoms with E-state index in [0.717, 1.165) is 0 Å². The lowest BCUT2D eigenvalue weighted by molar-refractivity contribution is -0.0586. The summed E-state index contributed by atoms with van der Waals surface area (Å²) in [7, 11) is 1.66. The third-order valence-electron chi connectivity index (χ3n) is 3.64. The first-order valence-corrected chi connectivity index (χ1v) is 6.77. The van der Waals surface area contributed by atoms with E-state index in [4.69, 9.17) is 4.84 Å². The van der Waals surface area contributed by atoms with Gasteiger partial charge in [-0.2, -0.15) is 0 Å². The molecule has 1 aliphatic rings. The average molecular weight is 312 g/mol. The molecule has 1 aliphatic heterocycles. The van der Waals surface area contributed by atoms with Gasteiger partial charge in [-0.25, -0.2) is 4.79 Å². The van der Waals surface area contributed by atoms with Gasteiger partial charge in [0.15, 0.2) is 5.43 Å². The maximum Gasteiger partial charge on any atom is 0.369 e. The van der Waals surface area contributed by atoms with Crippen LogP contribution in [0.4, 0.5) is 0 Å². The fourth-order valence-corrected chi connectivity index (χ4v) is 2.26. The highest BCUT2D eigenvalue weighted by Gasteiger charge is 2.39. The molecule has 0 radical (unpaired) electrons. The number of rotatable bonds is 2. The summed E-state index contributed by atoms with van der Waals surface area (Å²) in [4.78, 5) is 53.1. The van der Waals surface area contributed by atoms with Crippen LogP contribution in [0, 0.1) is 6.92 Å². The molecule has 2 aromatic rings. The topological polar surface area (TPSA) is 85.7 Å². The number of amides is 2. The van der Waals surface area contributed by atoms with Crippen molar-refractivity contribution >= 4 is 17.8 Å². The standard InChI is InChI=1S/C16H12N2O5/c1-9-7-13(19)12(8-17(9)2)16(22)23-18-14(20)10-5-3-4-6-11(10)15(18)21/h3-8H,1-2H3. The molecule has 1 aromatic carbocycles. The smallest absolute Gasteiger partial charge is 0.354 e. The van der Waals surface area contributed by atoms with E-state index in [9.17, 15) is 19.2 Å². The van der Waals surface area contributed by atoms with Crippen LogP contribution in [0.15, 0.2) is 41.3 Å². The highest BCUT2D eigenvalue weighted by Crippen LogP contribution is 2.23. The van der Waals surface area contributed by atoms with E-state index in [1.54, 1.807) is 30.7 Å². The highest BCUT2D eigenvalue weighted by atomic mass is 16.7. The van der Waals surface area contributed by atoms with E-state index in [1.165, 1.54) is 24.4 Å². The van der Waals surface area contributed by atoms with Crippen LogP contribution in [-0.4, -0.2) is 27.4 Å². The number of hydroxylamine groups is 2. The van der Waals surface area contributed by atoms with Crippen molar-refractivity contribution < 1.29 is 19.2 Å². The van der Waals surface area contributed by atoms with Crippen molar-refractivity contribution in [3.8, 4) is 0 Å². The van der Waals surface area contributed by atoms with Crippen LogP contribution in [-0.2, 0) is 11.9 Å². The second kappa shape index (κ2) is 5.20. The minimum absolute atomic E-state index is 0.155. The van der Waals surface area contributed by atoms with Crippen LogP contribution < -0.4 is 5.43 Å². The van der Waals surface area contributed by atoms with Gasteiger partial charge in [0.2, 0.25) is 0 Å². The summed E-state index contributed by atoms with van der Waals surface area (Å²) in [6, 6.07) is 7.41. The SMILES string of the molecule is Cc1cc(=O)c(C(=O)ON2C(=O)c3ccccc3C2=O)cn1C. The second-order valence-corrected chi connectivity index (χ2v) is 5.13. The normalized spacial score (nSPS) is 13.2. The summed E-state index contributed by atoms with van der Waals surface area (Å²) in [5, 5.41) is 0.381. The number of imide groups is 1. The molecule has 0 atom stereocenters. The Bertz CT molecular complexity index is 878. The first-order chi connectivity index (χ1) is 10.9. The van der Waals surface area contributed by atoms with E-state index in [0.29, 0.717) is 10.8 Å². The molecule has 116 valence electrons. The van der Waals surface area contributed by atoms with Crippen molar-refractivity contribution in [3.63, 3.8) is 0 Å². The summed E-state index contributed by atoms with van der Waals surface area (Å²) in [6.07, 6.45) is 1.30. The highest BCUT2D eigenvalue weighted by molar-refractivity contribution is 6.21. The molecule has 0 N–H and O–H groups in total. The van der Waals surface area contributed by atoms with Crippen LogP contribution in [0.3, 0.4) is 0 Å². The van der Waals surface area contributed by atoms with Crippen molar-refractivity contribution in [3.05, 3.63) is 69.1 Å². The number of fused-ring (bicyclic) bond motifs is 1. The van der Waals surface area contributed by atoms with Crippen molar-refractivity contribution in [1.29, 1.82) is 0 Å². The van der Waals surface area contributed by atoms with Crippen LogP contribution in [0.5, 0.6) is 0 Å². The fraction of sp³-hybridized carbons (Fsp3) is 0.125. The summed E-state index contributed by atoms with van der Waals surface area (Å²) < 4.78 is 1.57. The van der Waals surface area contributed by atoms with E-state index >= 15 is 0 Å². The molecular formula is C16H12N2O5. The van der Waals surface area contributed by atoms with Gasteiger partial charge in [0.05, 0.1) is 11.1 Å². The monoisotopic (exact) mass is 312 g/mol. The van der Waals surface area contributed by atoms with Gasteiger partial charge in [0.25, 0.3) is 11.8 Å². The molecule has 7 nitrogen and oxygen atoms in total. The lowest BCUT2D eigenvalue weighted by Gasteiger charge is -2.13. The molecule has 0 spiro atoms. The number of pyridine rings is 1. The number of carbonyl (C=O) groups is 3. The number of hydrogen-bond acceptors (Lipinski definition) is 5. The molecule has 0 unspecified atom stereocenters. The quantitative estimate of drug-likeness (QED) is 0.774. The van der Waals surface area contributed by atoms with Gasteiger partial charge in [-0.1, -0.05) is 17.2 Å². The van der Waals surface area contributed by atoms with Crippen LogP contribution in [0.25, 0.3) is 0 Å². The Balaban J connectivity index is 1.91. The summed E-state index contributed by atoms with van der Waals surface area (Å²) in [5.41, 5.74) is 0.174. The number of carbonyl (C=O) groups excluding carboxylic acids is 3. The molecule has 0 aliphatic carbocycles. The fourth-order valence-electron chi connectivity index (χ4n) is 2.26. The Morgan fingerprint density at radius 3 is 2.17 bits per heavy atom. The van der Waals surface area contributed by atoms with E-state index in [1.807, 2.05) is 0 Å². The van der Waals surface area contributed by atoms with Crippen LogP contribution in [0.2, 0.25) is 0 Å². The van der Waals surface area contributed by atoms with Crippen LogP contribution in [0.1, 0.15) is 36.8 Å². The van der Waals surface area contributed by atoms with Crippen molar-refractivity contribution in [2.24, 2.45) is 7.05 Å². The van der Waals surface area contributed by atoms with Crippen molar-refractivity contribution in [2.75, 3.05) is 0 Å². The molecule has 2 amide bonds. The Morgan fingerprint density at radius 2 is 1.61 bits per heavy atom. The number of benzene rings is 1. The predicted octanol–water partition coefficient (Wildman–Crippen LogP) is 1.06. The average Bonchev–Trinajstić information content (AvgIpc) is 2.76. The maximum atomic E-state index is 12.1. The Labute approximate surface area is 130 Å². The Hall–Kier alpha value is -3.22. The Morgan fingerprint density at radius 1 is 1.04 bits per heavy atom. The number of aromatic nitrogens is 1. The molecule has 7 heteroatoms. The first kappa shape index (κ1) is 14.7. The van der Waals surface area contributed by atoms with Crippen LogP contribution >= 0.6 is 0 Å². The van der Waals surface area contributed by atoms with Gasteiger partial charge >= 0.3 is 5.97 Å². The van der Waals surface area contributed by atoms with Crippen molar-refractivity contribution in [2.45, 2.75) is 6.92 Å². The summed E-state index contributed by atoms with van der Waals surface area (Å²) >= 11 is 0. The van der Waals surface area contributed by atoms with Gasteiger partial charge in [0, 0.05) is 25.0 Å². The molecular weight excluding hydrogens is 300 g/mol. The molecule has 23 heavy (non-hydrogen) atoms. The molecule has 0 fully saturated rings. The first-order valence-electron chi connectivity index (χ1n) is 6.77. The number of aryl methyl sites for hydroxylation is 2. The third-order valence-corrected chi connectivity index (χ3v) is 3.64. The van der Waals surface area contributed by atoms with Gasteiger partial charge in [-0.05, 0) is 19.1 Å². The van der Waals surface area contributed by atoms with Gasteiger partial charge in [-0.3, -0.25) is 14.4 Å². The van der Waals surface area contributed by atoms with E-state index < -0.39 is 23.2 Å². The van der Waals surface area contributed by atoms with Gasteiger partial charge in [-0.15, -0.1) is 0 Å². The van der Waals surface area contributed by atoms with Gasteiger partial charge in [0.1, 0.15) is 5.56 Å². The molecule has 1 aromatic heterocycles. The largest absolute Gasteiger partial charge is 0.369 e. The molecule has 2 heterocycles. The molecule has 0 saturated heterocycles. The van der Waals surface area contributed by atoms with E-state index in [-0.39, 0.29) is 16.7 Å². The lowest BCUT2D eigenvalue weighted by Crippen LogP contribution is -2.34. The van der Waals surface area contributed by atoms with E-state index in [2.05, 4.69) is 0 Å². The maximum absolute atomic E-state index is 12.1. The zero-order valence-electron chi connectivity index (χ0n) is 12.4. The second-order valence-electron chi connectivity index (χ2n) is 5.13. The zero-order chi connectivity index (χ0) is 16.7. The third kappa shape index (κ3) is 2.32. The Kier molecular flexibility index (Phi) is 3.33. The zero-order valence-corrected chi connectivity index (χ0v) is 12.4. The lowest BCUT2D eigenvalue weighted by atomic mass is 10.1. The van der Waals surface area contributed by atoms with Crippen molar-refractivity contribution in [1.82, 2.24) is 9.63 Å². The summed E-state index contributed by atoms with van der Waals surface area (Å²) in [6.45, 7) is 1.71. The minimum atomic E-state index is -1.06. The number of nitrogens with zero attached hydrogens (tertiary/aromatic N) is 2. The number of hydrogen-bond donors (Lipinski definition) is 0. The predicted molar refractivity (Wildman–Crippen MR) is 78.8 cm³/mol. The molecule has 0 bridgehead atoms. The summed E-state index contributed by atoms with van der Waals surface area (Å²) in [5.74, 6) is -2.52. The minimum Gasteiger partial charge on any atom is -0.354 e. The molecule has 0 saturated carbocycles. The van der Waals surface area contributed by atoms with Gasteiger partial charge < -0.3 is 9.40 Å².